The van der Waals surface area contributed by atoms with Crippen molar-refractivity contribution in [1.29, 1.82) is 0 Å². The Morgan fingerprint density at radius 1 is 1.03 bits per heavy atom. The molecule has 3 aromatic rings. The van der Waals surface area contributed by atoms with Crippen molar-refractivity contribution in [3.05, 3.63) is 54.3 Å². The van der Waals surface area contributed by atoms with Crippen LogP contribution in [0.5, 0.6) is 0 Å². The molecule has 0 amide bonds. The second kappa shape index (κ2) is 8.26. The van der Waals surface area contributed by atoms with Gasteiger partial charge in [-0.3, -0.25) is 9.88 Å². The van der Waals surface area contributed by atoms with Gasteiger partial charge in [0.1, 0.15) is 5.82 Å². The minimum absolute atomic E-state index is 0.157. The van der Waals surface area contributed by atoms with Crippen LogP contribution in [0.25, 0.3) is 11.4 Å². The molecular formula is C21H24N6O2. The van der Waals surface area contributed by atoms with Gasteiger partial charge in [-0.05, 0) is 49.2 Å². The van der Waals surface area contributed by atoms with Gasteiger partial charge < -0.3 is 14.2 Å². The molecule has 0 aromatic carbocycles. The molecule has 2 saturated heterocycles. The molecule has 2 aliphatic rings. The van der Waals surface area contributed by atoms with Crippen LogP contribution in [0.1, 0.15) is 30.3 Å². The van der Waals surface area contributed by atoms with Crippen LogP contribution in [0.3, 0.4) is 0 Å². The Kier molecular flexibility index (Phi) is 5.19. The zero-order valence-electron chi connectivity index (χ0n) is 16.3. The van der Waals surface area contributed by atoms with Crippen molar-refractivity contribution in [2.45, 2.75) is 25.4 Å². The summed E-state index contributed by atoms with van der Waals surface area (Å²) in [5.74, 6) is 2.24. The van der Waals surface area contributed by atoms with Gasteiger partial charge in [0.15, 0.2) is 0 Å². The Morgan fingerprint density at radius 3 is 2.76 bits per heavy atom. The maximum atomic E-state index is 5.69. The van der Waals surface area contributed by atoms with Crippen LogP contribution in [-0.4, -0.2) is 57.9 Å². The third-order valence-corrected chi connectivity index (χ3v) is 5.56. The minimum Gasteiger partial charge on any atom is -0.378 e. The number of ether oxygens (including phenoxy) is 1. The van der Waals surface area contributed by atoms with Gasteiger partial charge in [-0.15, -0.1) is 0 Å². The lowest BCUT2D eigenvalue weighted by Crippen LogP contribution is -2.36. The van der Waals surface area contributed by atoms with Crippen LogP contribution in [0.2, 0.25) is 0 Å². The van der Waals surface area contributed by atoms with Crippen LogP contribution in [0.4, 0.5) is 5.82 Å². The molecule has 2 fully saturated rings. The molecule has 150 valence electrons. The van der Waals surface area contributed by atoms with E-state index >= 15 is 0 Å². The van der Waals surface area contributed by atoms with E-state index in [1.54, 1.807) is 0 Å². The zero-order chi connectivity index (χ0) is 19.5. The van der Waals surface area contributed by atoms with E-state index in [1.807, 2.05) is 30.7 Å². The molecule has 5 heterocycles. The predicted molar refractivity (Wildman–Crippen MR) is 107 cm³/mol. The van der Waals surface area contributed by atoms with E-state index in [0.29, 0.717) is 11.7 Å². The van der Waals surface area contributed by atoms with E-state index < -0.39 is 0 Å². The van der Waals surface area contributed by atoms with Crippen molar-refractivity contribution in [3.8, 4) is 11.4 Å². The van der Waals surface area contributed by atoms with Gasteiger partial charge in [-0.25, -0.2) is 4.98 Å². The Morgan fingerprint density at radius 2 is 1.90 bits per heavy atom. The number of anilines is 1. The number of pyridine rings is 2. The molecule has 8 heteroatoms. The molecular weight excluding hydrogens is 368 g/mol. The van der Waals surface area contributed by atoms with E-state index in [4.69, 9.17) is 14.2 Å². The van der Waals surface area contributed by atoms with Gasteiger partial charge >= 0.3 is 0 Å². The van der Waals surface area contributed by atoms with Crippen LogP contribution in [0, 0.1) is 0 Å². The van der Waals surface area contributed by atoms with E-state index in [2.05, 4.69) is 37.1 Å². The third kappa shape index (κ3) is 3.99. The van der Waals surface area contributed by atoms with E-state index in [-0.39, 0.29) is 6.04 Å². The van der Waals surface area contributed by atoms with E-state index in [0.717, 1.165) is 63.6 Å². The molecule has 0 spiro atoms. The lowest BCUT2D eigenvalue weighted by molar-refractivity contribution is 0.122. The van der Waals surface area contributed by atoms with Gasteiger partial charge in [0.25, 0.3) is 0 Å². The summed E-state index contributed by atoms with van der Waals surface area (Å²) in [6, 6.07) is 8.23. The van der Waals surface area contributed by atoms with Gasteiger partial charge in [0.2, 0.25) is 11.7 Å². The quantitative estimate of drug-likeness (QED) is 0.656. The molecule has 8 nitrogen and oxygen atoms in total. The molecule has 3 aromatic heterocycles. The van der Waals surface area contributed by atoms with Gasteiger partial charge in [-0.1, -0.05) is 5.16 Å². The smallest absolute Gasteiger partial charge is 0.244 e. The summed E-state index contributed by atoms with van der Waals surface area (Å²) in [5.41, 5.74) is 2.17. The SMILES string of the molecule is c1cc(CN2CCC[C@H]2c2nc(-c3ccnc(N4CCOCC4)c3)no2)ccn1. The number of hydrogen-bond acceptors (Lipinski definition) is 8. The predicted octanol–water partition coefficient (Wildman–Crippen LogP) is 2.70. The Hall–Kier alpha value is -2.84. The number of hydrogen-bond donors (Lipinski definition) is 0. The largest absolute Gasteiger partial charge is 0.378 e. The summed E-state index contributed by atoms with van der Waals surface area (Å²) in [6.07, 6.45) is 7.63. The Bertz CT molecular complexity index is 941. The molecule has 0 aliphatic carbocycles. The van der Waals surface area contributed by atoms with Crippen LogP contribution < -0.4 is 4.90 Å². The molecule has 5 rings (SSSR count). The van der Waals surface area contributed by atoms with Gasteiger partial charge in [0, 0.05) is 43.8 Å². The van der Waals surface area contributed by atoms with E-state index in [1.165, 1.54) is 5.56 Å². The number of likely N-dealkylation sites (tertiary alicyclic amines) is 1. The van der Waals surface area contributed by atoms with Crippen molar-refractivity contribution in [3.63, 3.8) is 0 Å². The number of rotatable bonds is 5. The third-order valence-electron chi connectivity index (χ3n) is 5.56. The minimum atomic E-state index is 0.157. The molecule has 2 aliphatic heterocycles. The lowest BCUT2D eigenvalue weighted by Gasteiger charge is -2.27. The first kappa shape index (κ1) is 18.2. The highest BCUT2D eigenvalue weighted by Crippen LogP contribution is 2.33. The average molecular weight is 392 g/mol. The highest BCUT2D eigenvalue weighted by Gasteiger charge is 2.31. The molecule has 29 heavy (non-hydrogen) atoms. The van der Waals surface area contributed by atoms with Crippen molar-refractivity contribution in [2.24, 2.45) is 0 Å². The molecule has 1 atom stereocenters. The van der Waals surface area contributed by atoms with Crippen LogP contribution in [-0.2, 0) is 11.3 Å². The van der Waals surface area contributed by atoms with E-state index in [9.17, 15) is 0 Å². The Balaban J connectivity index is 1.34. The summed E-state index contributed by atoms with van der Waals surface area (Å²) in [7, 11) is 0. The average Bonchev–Trinajstić information content (AvgIpc) is 3.45. The highest BCUT2D eigenvalue weighted by atomic mass is 16.5. The first-order valence-corrected chi connectivity index (χ1v) is 10.1. The summed E-state index contributed by atoms with van der Waals surface area (Å²) in [5, 5.41) is 4.26. The maximum Gasteiger partial charge on any atom is 0.244 e. The summed E-state index contributed by atoms with van der Waals surface area (Å²) in [6.45, 7) is 5.04. The number of morpholine rings is 1. The van der Waals surface area contributed by atoms with Crippen LogP contribution in [0.15, 0.2) is 47.4 Å². The topological polar surface area (TPSA) is 80.4 Å². The summed E-state index contributed by atoms with van der Waals surface area (Å²) < 4.78 is 11.1. The zero-order valence-corrected chi connectivity index (χ0v) is 16.3. The Labute approximate surface area is 169 Å². The molecule has 0 N–H and O–H groups in total. The van der Waals surface area contributed by atoms with Crippen molar-refractivity contribution in [2.75, 3.05) is 37.7 Å². The molecule has 0 radical (unpaired) electrons. The fraction of sp³-hybridized carbons (Fsp3) is 0.429. The van der Waals surface area contributed by atoms with Gasteiger partial charge in [-0.2, -0.15) is 4.98 Å². The van der Waals surface area contributed by atoms with Crippen molar-refractivity contribution >= 4 is 5.82 Å². The second-order valence-corrected chi connectivity index (χ2v) is 7.44. The molecule has 0 unspecified atom stereocenters. The summed E-state index contributed by atoms with van der Waals surface area (Å²) in [4.78, 5) is 18.0. The first-order valence-electron chi connectivity index (χ1n) is 10.1. The monoisotopic (exact) mass is 392 g/mol. The molecule has 0 bridgehead atoms. The standard InChI is InChI=1S/C21H24N6O2/c1-2-18(27(9-1)15-16-3-6-22-7-4-16)21-24-20(25-29-21)17-5-8-23-19(14-17)26-10-12-28-13-11-26/h3-8,14,18H,1-2,9-13,15H2/t18-/m0/s1. The number of nitrogens with zero attached hydrogens (tertiary/aromatic N) is 6. The van der Waals surface area contributed by atoms with Crippen molar-refractivity contribution < 1.29 is 9.26 Å². The number of aromatic nitrogens is 4. The highest BCUT2D eigenvalue weighted by molar-refractivity contribution is 5.59. The lowest BCUT2D eigenvalue weighted by atomic mass is 10.2. The second-order valence-electron chi connectivity index (χ2n) is 7.44. The maximum absolute atomic E-state index is 5.69. The van der Waals surface area contributed by atoms with Gasteiger partial charge in [0.05, 0.1) is 19.3 Å². The fourth-order valence-corrected chi connectivity index (χ4v) is 4.03. The fourth-order valence-electron chi connectivity index (χ4n) is 4.03. The normalized spacial score (nSPS) is 20.3. The first-order chi connectivity index (χ1) is 14.4. The summed E-state index contributed by atoms with van der Waals surface area (Å²) >= 11 is 0. The van der Waals surface area contributed by atoms with Crippen molar-refractivity contribution in [1.82, 2.24) is 25.0 Å². The van der Waals surface area contributed by atoms with Crippen LogP contribution >= 0.6 is 0 Å². The molecule has 0 saturated carbocycles.